The van der Waals surface area contributed by atoms with Crippen molar-refractivity contribution < 1.29 is 22.7 Å². The third kappa shape index (κ3) is 4.64. The Morgan fingerprint density at radius 2 is 1.72 bits per heavy atom. The highest BCUT2D eigenvalue weighted by molar-refractivity contribution is 7.89. The third-order valence-corrected chi connectivity index (χ3v) is 7.10. The van der Waals surface area contributed by atoms with Gasteiger partial charge in [0.1, 0.15) is 6.61 Å². The van der Waals surface area contributed by atoms with Gasteiger partial charge in [-0.15, -0.1) is 0 Å². The molecule has 168 valence electrons. The molecule has 8 nitrogen and oxygen atoms in total. The molecule has 9 heteroatoms. The number of carbonyl (C=O) groups is 1. The van der Waals surface area contributed by atoms with Crippen LogP contribution >= 0.6 is 0 Å². The lowest BCUT2D eigenvalue weighted by Gasteiger charge is -2.34. The number of hydrogen-bond acceptors (Lipinski definition) is 7. The second-order valence-corrected chi connectivity index (χ2v) is 9.87. The number of morpholine rings is 1. The Bertz CT molecular complexity index is 1250. The van der Waals surface area contributed by atoms with Crippen LogP contribution in [0.15, 0.2) is 53.4 Å². The fourth-order valence-electron chi connectivity index (χ4n) is 3.74. The molecule has 1 saturated heterocycles. The molecular weight excluding hydrogens is 430 g/mol. The summed E-state index contributed by atoms with van der Waals surface area (Å²) >= 11 is 0. The van der Waals surface area contributed by atoms with E-state index in [0.29, 0.717) is 16.9 Å². The lowest BCUT2D eigenvalue weighted by Crippen LogP contribution is -2.48. The molecule has 4 rings (SSSR count). The number of ether oxygens (including phenoxy) is 2. The SMILES string of the molecule is Cc1nc2ccccc2nc1COC(=O)c1cccc(S(=O)(=O)N2CC(C)OC(C)C2)c1. The Kier molecular flexibility index (Phi) is 6.23. The molecule has 0 radical (unpaired) electrons. The smallest absolute Gasteiger partial charge is 0.338 e. The minimum atomic E-state index is -3.76. The number of carbonyl (C=O) groups excluding carboxylic acids is 1. The van der Waals surface area contributed by atoms with Crippen LogP contribution in [-0.2, 0) is 26.1 Å². The van der Waals surface area contributed by atoms with Gasteiger partial charge in [0.15, 0.2) is 0 Å². The van der Waals surface area contributed by atoms with Crippen LogP contribution in [0.25, 0.3) is 11.0 Å². The van der Waals surface area contributed by atoms with Crippen LogP contribution in [0.3, 0.4) is 0 Å². The van der Waals surface area contributed by atoms with E-state index in [-0.39, 0.29) is 42.4 Å². The van der Waals surface area contributed by atoms with E-state index in [1.54, 1.807) is 6.92 Å². The molecule has 1 fully saturated rings. The predicted octanol–water partition coefficient (Wildman–Crippen LogP) is 3.09. The van der Waals surface area contributed by atoms with Gasteiger partial charge in [-0.2, -0.15) is 4.31 Å². The molecule has 0 saturated carbocycles. The number of sulfonamides is 1. The van der Waals surface area contributed by atoms with E-state index >= 15 is 0 Å². The van der Waals surface area contributed by atoms with E-state index in [1.807, 2.05) is 38.1 Å². The minimum Gasteiger partial charge on any atom is -0.456 e. The highest BCUT2D eigenvalue weighted by Gasteiger charge is 2.32. The summed E-state index contributed by atoms with van der Waals surface area (Å²) in [6, 6.07) is 13.4. The number of nitrogens with zero attached hydrogens (tertiary/aromatic N) is 3. The first-order valence-corrected chi connectivity index (χ1v) is 11.8. The quantitative estimate of drug-likeness (QED) is 0.545. The topological polar surface area (TPSA) is 98.7 Å². The Balaban J connectivity index is 1.51. The maximum absolute atomic E-state index is 13.1. The summed E-state index contributed by atoms with van der Waals surface area (Å²) < 4.78 is 38.6. The van der Waals surface area contributed by atoms with Gasteiger partial charge < -0.3 is 9.47 Å². The maximum atomic E-state index is 13.1. The van der Waals surface area contributed by atoms with Crippen molar-refractivity contribution in [2.45, 2.75) is 44.5 Å². The zero-order valence-electron chi connectivity index (χ0n) is 18.2. The summed E-state index contributed by atoms with van der Waals surface area (Å²) in [6.07, 6.45) is -0.402. The second kappa shape index (κ2) is 8.93. The number of fused-ring (bicyclic) bond motifs is 1. The number of esters is 1. The van der Waals surface area contributed by atoms with E-state index in [9.17, 15) is 13.2 Å². The van der Waals surface area contributed by atoms with Crippen LogP contribution in [-0.4, -0.2) is 54.0 Å². The van der Waals surface area contributed by atoms with Crippen molar-refractivity contribution in [3.8, 4) is 0 Å². The van der Waals surface area contributed by atoms with Gasteiger partial charge >= 0.3 is 5.97 Å². The van der Waals surface area contributed by atoms with Gasteiger partial charge in [0.25, 0.3) is 0 Å². The first-order valence-electron chi connectivity index (χ1n) is 10.4. The van der Waals surface area contributed by atoms with E-state index in [0.717, 1.165) is 5.52 Å². The van der Waals surface area contributed by atoms with Crippen LogP contribution in [0, 0.1) is 6.92 Å². The second-order valence-electron chi connectivity index (χ2n) is 7.93. The Labute approximate surface area is 187 Å². The van der Waals surface area contributed by atoms with Crippen LogP contribution in [0.1, 0.15) is 35.6 Å². The minimum absolute atomic E-state index is 0.0509. The summed E-state index contributed by atoms with van der Waals surface area (Å²) in [4.78, 5) is 21.7. The maximum Gasteiger partial charge on any atom is 0.338 e. The Hall–Kier alpha value is -2.88. The normalized spacial score (nSPS) is 19.7. The van der Waals surface area contributed by atoms with Gasteiger partial charge in [-0.1, -0.05) is 18.2 Å². The molecule has 0 amide bonds. The summed E-state index contributed by atoms with van der Waals surface area (Å²) in [5, 5.41) is 0. The molecule has 0 bridgehead atoms. The molecule has 0 aliphatic carbocycles. The molecule has 1 aromatic heterocycles. The van der Waals surface area contributed by atoms with Crippen LogP contribution in [0.5, 0.6) is 0 Å². The fraction of sp³-hybridized carbons (Fsp3) is 0.348. The molecule has 1 aliphatic heterocycles. The number of aromatic nitrogens is 2. The average Bonchev–Trinajstić information content (AvgIpc) is 2.77. The molecule has 1 aliphatic rings. The van der Waals surface area contributed by atoms with Crippen molar-refractivity contribution in [3.63, 3.8) is 0 Å². The Morgan fingerprint density at radius 3 is 2.41 bits per heavy atom. The van der Waals surface area contributed by atoms with Crippen molar-refractivity contribution in [3.05, 3.63) is 65.5 Å². The Morgan fingerprint density at radius 1 is 1.06 bits per heavy atom. The molecule has 2 heterocycles. The van der Waals surface area contributed by atoms with Gasteiger partial charge in [-0.25, -0.2) is 23.2 Å². The van der Waals surface area contributed by atoms with Crippen molar-refractivity contribution in [1.29, 1.82) is 0 Å². The summed E-state index contributed by atoms with van der Waals surface area (Å²) in [5.41, 5.74) is 2.86. The molecule has 32 heavy (non-hydrogen) atoms. The average molecular weight is 456 g/mol. The number of benzene rings is 2. The number of aryl methyl sites for hydroxylation is 1. The van der Waals surface area contributed by atoms with Crippen LogP contribution in [0.4, 0.5) is 0 Å². The van der Waals surface area contributed by atoms with E-state index < -0.39 is 16.0 Å². The zero-order valence-corrected chi connectivity index (χ0v) is 19.0. The number of rotatable bonds is 5. The number of hydrogen-bond donors (Lipinski definition) is 0. The van der Waals surface area contributed by atoms with Crippen molar-refractivity contribution in [1.82, 2.24) is 14.3 Å². The third-order valence-electron chi connectivity index (χ3n) is 5.28. The molecule has 2 aromatic carbocycles. The van der Waals surface area contributed by atoms with Gasteiger partial charge in [0.2, 0.25) is 10.0 Å². The predicted molar refractivity (Wildman–Crippen MR) is 119 cm³/mol. The van der Waals surface area contributed by atoms with E-state index in [1.165, 1.54) is 28.6 Å². The summed E-state index contributed by atoms with van der Waals surface area (Å²) in [7, 11) is -3.76. The molecule has 2 atom stereocenters. The molecule has 3 aromatic rings. The largest absolute Gasteiger partial charge is 0.456 e. The van der Waals surface area contributed by atoms with Crippen molar-refractivity contribution >= 4 is 27.0 Å². The van der Waals surface area contributed by atoms with E-state index in [2.05, 4.69) is 9.97 Å². The van der Waals surface area contributed by atoms with Crippen LogP contribution in [0.2, 0.25) is 0 Å². The standard InChI is InChI=1S/C23H25N3O5S/c1-15-12-26(13-16(2)31-15)32(28,29)19-8-6-7-18(11-19)23(27)30-14-22-17(3)24-20-9-4-5-10-21(20)25-22/h4-11,15-16H,12-14H2,1-3H3. The van der Waals surface area contributed by atoms with Crippen molar-refractivity contribution in [2.24, 2.45) is 0 Å². The van der Waals surface area contributed by atoms with E-state index in [4.69, 9.17) is 9.47 Å². The lowest BCUT2D eigenvalue weighted by molar-refractivity contribution is -0.0440. The molecule has 0 N–H and O–H groups in total. The first kappa shape index (κ1) is 22.3. The summed E-state index contributed by atoms with van der Waals surface area (Å²) in [6.45, 7) is 5.95. The number of para-hydroxylation sites is 2. The molecule has 2 unspecified atom stereocenters. The first-order chi connectivity index (χ1) is 15.2. The summed E-state index contributed by atoms with van der Waals surface area (Å²) in [5.74, 6) is -0.625. The molecular formula is C23H25N3O5S. The lowest BCUT2D eigenvalue weighted by atomic mass is 10.2. The highest BCUT2D eigenvalue weighted by atomic mass is 32.2. The van der Waals surface area contributed by atoms with Gasteiger partial charge in [0.05, 0.1) is 45.1 Å². The monoisotopic (exact) mass is 455 g/mol. The van der Waals surface area contributed by atoms with Gasteiger partial charge in [-0.3, -0.25) is 0 Å². The highest BCUT2D eigenvalue weighted by Crippen LogP contribution is 2.22. The van der Waals surface area contributed by atoms with Gasteiger partial charge in [0, 0.05) is 13.1 Å². The van der Waals surface area contributed by atoms with Gasteiger partial charge in [-0.05, 0) is 51.1 Å². The van der Waals surface area contributed by atoms with Crippen LogP contribution < -0.4 is 0 Å². The fourth-order valence-corrected chi connectivity index (χ4v) is 5.38. The van der Waals surface area contributed by atoms with Crippen molar-refractivity contribution in [2.75, 3.05) is 13.1 Å². The molecule has 0 spiro atoms. The zero-order chi connectivity index (χ0) is 22.9.